The molecule has 0 aliphatic carbocycles. The van der Waals surface area contributed by atoms with Gasteiger partial charge in [0.25, 0.3) is 5.91 Å². The van der Waals surface area contributed by atoms with Crippen molar-refractivity contribution in [3.63, 3.8) is 0 Å². The van der Waals surface area contributed by atoms with Gasteiger partial charge in [-0.2, -0.15) is 0 Å². The van der Waals surface area contributed by atoms with Crippen molar-refractivity contribution in [2.45, 2.75) is 18.9 Å². The van der Waals surface area contributed by atoms with Crippen molar-refractivity contribution in [1.82, 2.24) is 14.9 Å². The number of likely N-dealkylation sites (tertiary alicyclic amines) is 1. The summed E-state index contributed by atoms with van der Waals surface area (Å²) in [5.74, 6) is 0.737. The van der Waals surface area contributed by atoms with Gasteiger partial charge in [-0.05, 0) is 53.0 Å². The zero-order chi connectivity index (χ0) is 16.9. The summed E-state index contributed by atoms with van der Waals surface area (Å²) in [6.07, 6.45) is 4.97. The van der Waals surface area contributed by atoms with E-state index in [1.807, 2.05) is 4.90 Å². The van der Waals surface area contributed by atoms with E-state index < -0.39 is 0 Å². The van der Waals surface area contributed by atoms with E-state index in [1.165, 1.54) is 0 Å². The summed E-state index contributed by atoms with van der Waals surface area (Å²) in [5, 5.41) is 0. The third kappa shape index (κ3) is 4.03. The monoisotopic (exact) mass is 391 g/mol. The molecular weight excluding hydrogens is 374 g/mol. The third-order valence-corrected chi connectivity index (χ3v) is 4.28. The quantitative estimate of drug-likeness (QED) is 0.801. The number of benzene rings is 1. The molecular formula is C17H18BrN3O3. The molecule has 0 spiro atoms. The highest BCUT2D eigenvalue weighted by atomic mass is 79.9. The van der Waals surface area contributed by atoms with Gasteiger partial charge in [0.15, 0.2) is 0 Å². The van der Waals surface area contributed by atoms with Crippen molar-refractivity contribution in [2.75, 3.05) is 20.2 Å². The van der Waals surface area contributed by atoms with Crippen LogP contribution in [-0.2, 0) is 0 Å². The molecule has 0 unspecified atom stereocenters. The predicted molar refractivity (Wildman–Crippen MR) is 92.3 cm³/mol. The van der Waals surface area contributed by atoms with Gasteiger partial charge in [0.05, 0.1) is 18.1 Å². The number of rotatable bonds is 4. The second-order valence-electron chi connectivity index (χ2n) is 5.55. The summed E-state index contributed by atoms with van der Waals surface area (Å²) in [7, 11) is 1.60. The first-order valence-electron chi connectivity index (χ1n) is 7.73. The van der Waals surface area contributed by atoms with Gasteiger partial charge >= 0.3 is 6.01 Å². The van der Waals surface area contributed by atoms with Crippen LogP contribution in [0.25, 0.3) is 0 Å². The minimum Gasteiger partial charge on any atom is -0.497 e. The lowest BCUT2D eigenvalue weighted by molar-refractivity contribution is 0.0515. The standard InChI is InChI=1S/C17H18BrN3O3/c1-23-14-6-4-12(5-7-14)16(22)21-8-2-3-15(11-21)24-17-19-9-13(18)10-20-17/h4-7,9-10,15H,2-3,8,11H2,1H3/t15-/m1/s1. The summed E-state index contributed by atoms with van der Waals surface area (Å²) in [6, 6.07) is 7.48. The number of hydrogen-bond acceptors (Lipinski definition) is 5. The van der Waals surface area contributed by atoms with Crippen LogP contribution in [0.1, 0.15) is 23.2 Å². The summed E-state index contributed by atoms with van der Waals surface area (Å²) in [6.45, 7) is 1.26. The van der Waals surface area contributed by atoms with Crippen LogP contribution >= 0.6 is 15.9 Å². The van der Waals surface area contributed by atoms with Crippen LogP contribution in [0.4, 0.5) is 0 Å². The molecule has 1 aromatic heterocycles. The van der Waals surface area contributed by atoms with E-state index in [0.717, 1.165) is 29.6 Å². The zero-order valence-corrected chi connectivity index (χ0v) is 14.9. The molecule has 0 bridgehead atoms. The van der Waals surface area contributed by atoms with E-state index >= 15 is 0 Å². The SMILES string of the molecule is COc1ccc(C(=O)N2CCC[C@@H](Oc3ncc(Br)cn3)C2)cc1. The molecule has 3 rings (SSSR count). The van der Waals surface area contributed by atoms with Crippen LogP contribution in [0.2, 0.25) is 0 Å². The fourth-order valence-electron chi connectivity index (χ4n) is 2.65. The van der Waals surface area contributed by atoms with Gasteiger partial charge in [0.2, 0.25) is 0 Å². The Morgan fingerprint density at radius 3 is 2.62 bits per heavy atom. The number of ether oxygens (including phenoxy) is 2. The van der Waals surface area contributed by atoms with Gasteiger partial charge in [-0.1, -0.05) is 0 Å². The number of halogens is 1. The normalized spacial score (nSPS) is 17.4. The molecule has 1 aliphatic rings. The molecule has 2 heterocycles. The van der Waals surface area contributed by atoms with Crippen LogP contribution in [0.3, 0.4) is 0 Å². The van der Waals surface area contributed by atoms with Gasteiger partial charge in [-0.15, -0.1) is 0 Å². The lowest BCUT2D eigenvalue weighted by atomic mass is 10.1. The molecule has 1 atom stereocenters. The molecule has 1 fully saturated rings. The molecule has 7 heteroatoms. The molecule has 2 aromatic rings. The van der Waals surface area contributed by atoms with Gasteiger partial charge < -0.3 is 14.4 Å². The molecule has 1 amide bonds. The molecule has 0 saturated carbocycles. The average Bonchev–Trinajstić information content (AvgIpc) is 2.63. The minimum absolute atomic E-state index is 0.00248. The highest BCUT2D eigenvalue weighted by Gasteiger charge is 2.26. The largest absolute Gasteiger partial charge is 0.497 e. The smallest absolute Gasteiger partial charge is 0.316 e. The molecule has 1 aliphatic heterocycles. The molecule has 126 valence electrons. The average molecular weight is 392 g/mol. The van der Waals surface area contributed by atoms with E-state index in [1.54, 1.807) is 43.8 Å². The van der Waals surface area contributed by atoms with E-state index in [-0.39, 0.29) is 12.0 Å². The minimum atomic E-state index is -0.0953. The first kappa shape index (κ1) is 16.7. The molecule has 1 aromatic carbocycles. The summed E-state index contributed by atoms with van der Waals surface area (Å²) in [5.41, 5.74) is 0.649. The van der Waals surface area contributed by atoms with Crippen molar-refractivity contribution in [3.8, 4) is 11.8 Å². The topological polar surface area (TPSA) is 64.5 Å². The van der Waals surface area contributed by atoms with Crippen LogP contribution in [0, 0.1) is 0 Å². The zero-order valence-electron chi connectivity index (χ0n) is 13.3. The Morgan fingerprint density at radius 2 is 1.96 bits per heavy atom. The number of methoxy groups -OCH3 is 1. The number of nitrogens with zero attached hydrogens (tertiary/aromatic N) is 3. The number of amides is 1. The highest BCUT2D eigenvalue weighted by molar-refractivity contribution is 9.10. The second-order valence-corrected chi connectivity index (χ2v) is 6.46. The Morgan fingerprint density at radius 1 is 1.25 bits per heavy atom. The van der Waals surface area contributed by atoms with Crippen LogP contribution < -0.4 is 9.47 Å². The molecule has 0 radical (unpaired) electrons. The second kappa shape index (κ2) is 7.61. The summed E-state index contributed by atoms with van der Waals surface area (Å²) < 4.78 is 11.7. The first-order valence-corrected chi connectivity index (χ1v) is 8.52. The van der Waals surface area contributed by atoms with E-state index in [2.05, 4.69) is 25.9 Å². The van der Waals surface area contributed by atoms with Gasteiger partial charge in [0, 0.05) is 24.5 Å². The number of carbonyl (C=O) groups is 1. The fraction of sp³-hybridized carbons (Fsp3) is 0.353. The summed E-state index contributed by atoms with van der Waals surface area (Å²) in [4.78, 5) is 22.7. The summed E-state index contributed by atoms with van der Waals surface area (Å²) >= 11 is 3.29. The van der Waals surface area contributed by atoms with E-state index in [0.29, 0.717) is 18.1 Å². The number of aromatic nitrogens is 2. The maximum absolute atomic E-state index is 12.6. The predicted octanol–water partition coefficient (Wildman–Crippen LogP) is 2.93. The van der Waals surface area contributed by atoms with Crippen molar-refractivity contribution < 1.29 is 14.3 Å². The number of carbonyl (C=O) groups excluding carboxylic acids is 1. The van der Waals surface area contributed by atoms with Crippen molar-refractivity contribution >= 4 is 21.8 Å². The lowest BCUT2D eigenvalue weighted by Crippen LogP contribution is -2.44. The van der Waals surface area contributed by atoms with E-state index in [9.17, 15) is 4.79 Å². The Kier molecular flexibility index (Phi) is 5.30. The third-order valence-electron chi connectivity index (χ3n) is 3.87. The Balaban J connectivity index is 1.63. The van der Waals surface area contributed by atoms with Gasteiger partial charge in [0.1, 0.15) is 11.9 Å². The van der Waals surface area contributed by atoms with Crippen LogP contribution in [0.5, 0.6) is 11.8 Å². The molecule has 1 saturated heterocycles. The van der Waals surface area contributed by atoms with Crippen molar-refractivity contribution in [3.05, 3.63) is 46.7 Å². The van der Waals surface area contributed by atoms with Crippen molar-refractivity contribution in [1.29, 1.82) is 0 Å². The Hall–Kier alpha value is -2.15. The lowest BCUT2D eigenvalue weighted by Gasteiger charge is -2.32. The number of hydrogen-bond donors (Lipinski definition) is 0. The molecule has 0 N–H and O–H groups in total. The maximum atomic E-state index is 12.6. The molecule has 6 nitrogen and oxygen atoms in total. The molecule has 24 heavy (non-hydrogen) atoms. The number of piperidine rings is 1. The van der Waals surface area contributed by atoms with Crippen molar-refractivity contribution in [2.24, 2.45) is 0 Å². The maximum Gasteiger partial charge on any atom is 0.316 e. The van der Waals surface area contributed by atoms with Crippen LogP contribution in [-0.4, -0.2) is 47.1 Å². The Bertz CT molecular complexity index is 691. The highest BCUT2D eigenvalue weighted by Crippen LogP contribution is 2.19. The van der Waals surface area contributed by atoms with Gasteiger partial charge in [-0.25, -0.2) is 9.97 Å². The van der Waals surface area contributed by atoms with E-state index in [4.69, 9.17) is 9.47 Å². The first-order chi connectivity index (χ1) is 11.7. The van der Waals surface area contributed by atoms with Gasteiger partial charge in [-0.3, -0.25) is 4.79 Å². The van der Waals surface area contributed by atoms with Crippen LogP contribution in [0.15, 0.2) is 41.1 Å². The fourth-order valence-corrected chi connectivity index (χ4v) is 2.85. The Labute approximate surface area is 148 Å².